The van der Waals surface area contributed by atoms with Gasteiger partial charge in [0.25, 0.3) is 5.91 Å². The third-order valence-corrected chi connectivity index (χ3v) is 5.01. The number of alkyl halides is 3. The van der Waals surface area contributed by atoms with Gasteiger partial charge in [-0.05, 0) is 44.7 Å². The quantitative estimate of drug-likeness (QED) is 0.542. The van der Waals surface area contributed by atoms with E-state index in [4.69, 9.17) is 0 Å². The highest BCUT2D eigenvalue weighted by Gasteiger charge is 2.37. The van der Waals surface area contributed by atoms with Crippen molar-refractivity contribution in [3.63, 3.8) is 0 Å². The Kier molecular flexibility index (Phi) is 6.86. The first-order chi connectivity index (χ1) is 14.3. The summed E-state index contributed by atoms with van der Waals surface area (Å²) in [5, 5.41) is 2.30. The van der Waals surface area contributed by atoms with E-state index >= 15 is 0 Å². The van der Waals surface area contributed by atoms with Crippen molar-refractivity contribution in [2.45, 2.75) is 19.0 Å². The average molecular weight is 422 g/mol. The fourth-order valence-corrected chi connectivity index (χ4v) is 3.02. The summed E-state index contributed by atoms with van der Waals surface area (Å²) in [5.41, 5.74) is -1.51. The first-order valence-electron chi connectivity index (χ1n) is 9.77. The monoisotopic (exact) mass is 422 g/mol. The molecule has 1 saturated heterocycles. The molecule has 3 rings (SSSR count). The third kappa shape index (κ3) is 5.88. The molecule has 2 fully saturated rings. The second-order valence-electron chi connectivity index (χ2n) is 7.51. The van der Waals surface area contributed by atoms with Gasteiger partial charge < -0.3 is 15.1 Å². The smallest absolute Gasteiger partial charge is 0.354 e. The van der Waals surface area contributed by atoms with Crippen LogP contribution in [0, 0.1) is 5.92 Å². The van der Waals surface area contributed by atoms with Crippen LogP contribution in [0.5, 0.6) is 0 Å². The lowest BCUT2D eigenvalue weighted by Gasteiger charge is -2.33. The first kappa shape index (κ1) is 21.9. The van der Waals surface area contributed by atoms with Crippen LogP contribution in [0.1, 0.15) is 18.5 Å². The van der Waals surface area contributed by atoms with E-state index in [2.05, 4.69) is 31.9 Å². The van der Waals surface area contributed by atoms with E-state index in [0.29, 0.717) is 25.6 Å². The van der Waals surface area contributed by atoms with Crippen molar-refractivity contribution in [2.75, 3.05) is 50.0 Å². The van der Waals surface area contributed by atoms with E-state index in [0.717, 1.165) is 25.9 Å². The summed E-state index contributed by atoms with van der Waals surface area (Å²) in [7, 11) is 1.96. The van der Waals surface area contributed by atoms with Gasteiger partial charge in [0, 0.05) is 45.1 Å². The number of piperazine rings is 1. The number of nitrogens with zero attached hydrogens (tertiary/aromatic N) is 5. The van der Waals surface area contributed by atoms with E-state index < -0.39 is 23.5 Å². The Morgan fingerprint density at radius 1 is 1.30 bits per heavy atom. The van der Waals surface area contributed by atoms with Crippen molar-refractivity contribution < 1.29 is 18.0 Å². The molecule has 0 unspecified atom stereocenters. The number of nitrogens with one attached hydrogen (secondary N) is 1. The van der Waals surface area contributed by atoms with Crippen LogP contribution in [0.25, 0.3) is 0 Å². The number of hydrogen-bond donors (Lipinski definition) is 1. The molecule has 0 spiro atoms. The largest absolute Gasteiger partial charge is 0.435 e. The Labute approximate surface area is 173 Å². The average Bonchev–Trinajstić information content (AvgIpc) is 3.52. The van der Waals surface area contributed by atoms with E-state index in [1.807, 2.05) is 7.05 Å². The number of aromatic nitrogens is 1. The second-order valence-corrected chi connectivity index (χ2v) is 7.51. The number of aliphatic imine (C=N–C) groups is 2. The Morgan fingerprint density at radius 3 is 2.60 bits per heavy atom. The van der Waals surface area contributed by atoms with Crippen molar-refractivity contribution in [3.8, 4) is 0 Å². The summed E-state index contributed by atoms with van der Waals surface area (Å²) >= 11 is 0. The number of anilines is 2. The van der Waals surface area contributed by atoms with Gasteiger partial charge in [-0.25, -0.2) is 4.98 Å². The highest BCUT2D eigenvalue weighted by molar-refractivity contribution is 6.17. The Balaban J connectivity index is 1.79. The van der Waals surface area contributed by atoms with Gasteiger partial charge in [-0.2, -0.15) is 13.2 Å². The zero-order valence-electron chi connectivity index (χ0n) is 16.8. The lowest BCUT2D eigenvalue weighted by molar-refractivity contribution is -0.140. The van der Waals surface area contributed by atoms with Gasteiger partial charge in [-0.3, -0.25) is 14.8 Å². The highest BCUT2D eigenvalue weighted by atomic mass is 19.4. The van der Waals surface area contributed by atoms with Gasteiger partial charge in [-0.15, -0.1) is 0 Å². The van der Waals surface area contributed by atoms with Crippen LogP contribution in [0.2, 0.25) is 0 Å². The first-order valence-corrected chi connectivity index (χ1v) is 9.77. The van der Waals surface area contributed by atoms with Crippen molar-refractivity contribution >= 4 is 30.3 Å². The van der Waals surface area contributed by atoms with Gasteiger partial charge in [0.1, 0.15) is 5.82 Å². The predicted octanol–water partition coefficient (Wildman–Crippen LogP) is 2.86. The zero-order valence-corrected chi connectivity index (χ0v) is 16.8. The van der Waals surface area contributed by atoms with Crippen molar-refractivity contribution in [1.82, 2.24) is 9.88 Å². The number of carbonyl (C=O) groups is 1. The standard InChI is InChI=1S/C20H25F3N6O/c1-24-12-15(13-25-11-14-3-4-14)19(30)26-16-5-6-17(27-18(16)20(21,22)23)29-9-7-28(2)8-10-29/h5-6,12-14H,1,3-4,7-11H2,2H3,(H,26,30)/b15-12+,25-13?. The fourth-order valence-electron chi connectivity index (χ4n) is 3.02. The number of pyridine rings is 1. The van der Waals surface area contributed by atoms with Crippen LogP contribution in [-0.4, -0.2) is 68.5 Å². The molecule has 1 aliphatic carbocycles. The maximum Gasteiger partial charge on any atom is 0.435 e. The molecule has 1 aliphatic heterocycles. The summed E-state index contributed by atoms with van der Waals surface area (Å²) in [6, 6.07) is 2.73. The molecule has 0 atom stereocenters. The van der Waals surface area contributed by atoms with Gasteiger partial charge in [-0.1, -0.05) is 0 Å². The minimum absolute atomic E-state index is 0.0296. The van der Waals surface area contributed by atoms with Gasteiger partial charge in [0.2, 0.25) is 0 Å². The molecular weight excluding hydrogens is 397 g/mol. The Bertz CT molecular complexity index is 839. The summed E-state index contributed by atoms with van der Waals surface area (Å²) in [6.07, 6.45) is -0.0242. The molecule has 1 aromatic rings. The molecule has 2 aliphatic rings. The molecular formula is C20H25F3N6O. The lowest BCUT2D eigenvalue weighted by Crippen LogP contribution is -2.45. The van der Waals surface area contributed by atoms with Crippen LogP contribution < -0.4 is 10.2 Å². The number of halogens is 3. The molecule has 1 N–H and O–H groups in total. The van der Waals surface area contributed by atoms with Crippen molar-refractivity contribution in [3.05, 3.63) is 29.6 Å². The molecule has 30 heavy (non-hydrogen) atoms. The number of rotatable bonds is 7. The van der Waals surface area contributed by atoms with Crippen molar-refractivity contribution in [1.29, 1.82) is 0 Å². The SMILES string of the molecule is C=N/C=C(\C=NCC1CC1)C(=O)Nc1ccc(N2CCN(C)CC2)nc1C(F)(F)F. The van der Waals surface area contributed by atoms with Gasteiger partial charge >= 0.3 is 6.18 Å². The molecule has 162 valence electrons. The lowest BCUT2D eigenvalue weighted by atomic mass is 10.2. The fraction of sp³-hybridized carbons (Fsp3) is 0.500. The van der Waals surface area contributed by atoms with Crippen LogP contribution in [0.15, 0.2) is 33.9 Å². The van der Waals surface area contributed by atoms with Crippen LogP contribution >= 0.6 is 0 Å². The number of hydrogen-bond acceptors (Lipinski definition) is 6. The van der Waals surface area contributed by atoms with E-state index in [9.17, 15) is 18.0 Å². The number of amides is 1. The molecule has 0 bridgehead atoms. The molecule has 0 aromatic carbocycles. The van der Waals surface area contributed by atoms with E-state index in [1.54, 1.807) is 4.90 Å². The molecule has 2 heterocycles. The van der Waals surface area contributed by atoms with Crippen LogP contribution in [-0.2, 0) is 11.0 Å². The molecule has 1 amide bonds. The van der Waals surface area contributed by atoms with E-state index in [-0.39, 0.29) is 11.4 Å². The summed E-state index contributed by atoms with van der Waals surface area (Å²) in [5.74, 6) is 0.00920. The number of likely N-dealkylation sites (N-methyl/N-ethyl adjacent to an activating group) is 1. The maximum absolute atomic E-state index is 13.6. The molecule has 10 heteroatoms. The Hall–Kier alpha value is -2.75. The third-order valence-electron chi connectivity index (χ3n) is 5.01. The topological polar surface area (TPSA) is 73.2 Å². The van der Waals surface area contributed by atoms with Crippen LogP contribution in [0.4, 0.5) is 24.7 Å². The normalized spacial score (nSPS) is 18.7. The van der Waals surface area contributed by atoms with E-state index in [1.165, 1.54) is 24.5 Å². The molecule has 1 aromatic heterocycles. The maximum atomic E-state index is 13.6. The summed E-state index contributed by atoms with van der Waals surface area (Å²) in [6.45, 7) is 6.53. The molecule has 0 radical (unpaired) electrons. The number of carbonyl (C=O) groups excluding carboxylic acids is 1. The second kappa shape index (κ2) is 9.38. The highest BCUT2D eigenvalue weighted by Crippen LogP contribution is 2.35. The van der Waals surface area contributed by atoms with Crippen molar-refractivity contribution in [2.24, 2.45) is 15.9 Å². The van der Waals surface area contributed by atoms with Gasteiger partial charge in [0.05, 0.1) is 11.3 Å². The minimum atomic E-state index is -4.72. The molecule has 7 nitrogen and oxygen atoms in total. The minimum Gasteiger partial charge on any atom is -0.354 e. The summed E-state index contributed by atoms with van der Waals surface area (Å²) in [4.78, 5) is 28.0. The van der Waals surface area contributed by atoms with Crippen LogP contribution in [0.3, 0.4) is 0 Å². The Morgan fingerprint density at radius 2 is 2.00 bits per heavy atom. The summed E-state index contributed by atoms with van der Waals surface area (Å²) < 4.78 is 40.9. The molecule has 1 saturated carbocycles. The predicted molar refractivity (Wildman–Crippen MR) is 111 cm³/mol. The van der Waals surface area contributed by atoms with Gasteiger partial charge in [0.15, 0.2) is 5.69 Å². The zero-order chi connectivity index (χ0) is 21.7.